The van der Waals surface area contributed by atoms with Crippen molar-refractivity contribution in [1.82, 2.24) is 37.2 Å². The van der Waals surface area contributed by atoms with E-state index in [0.29, 0.717) is 31.2 Å². The van der Waals surface area contributed by atoms with Crippen molar-refractivity contribution in [3.63, 3.8) is 0 Å². The fourth-order valence-corrected chi connectivity index (χ4v) is 7.13. The minimum Gasteiger partial charge on any atom is -0.481 e. The van der Waals surface area contributed by atoms with Gasteiger partial charge in [0.05, 0.1) is 12.5 Å². The molecule has 1 aromatic rings. The molecule has 0 aromatic heterocycles. The van der Waals surface area contributed by atoms with Crippen molar-refractivity contribution >= 4 is 71.1 Å². The minimum atomic E-state index is -5.08. The van der Waals surface area contributed by atoms with Gasteiger partial charge in [-0.15, -0.1) is 0 Å². The summed E-state index contributed by atoms with van der Waals surface area (Å²) in [5, 5.41) is 53.0. The van der Waals surface area contributed by atoms with Gasteiger partial charge in [-0.25, -0.2) is 9.59 Å². The highest BCUT2D eigenvalue weighted by Gasteiger charge is 2.39. The molecule has 0 saturated carbocycles. The molecule has 0 aliphatic rings. The molecule has 0 aliphatic carbocycles. The van der Waals surface area contributed by atoms with E-state index in [1.165, 1.54) is 0 Å². The number of aliphatic carboxylic acids is 4. The van der Waals surface area contributed by atoms with Crippen molar-refractivity contribution in [2.75, 3.05) is 6.54 Å². The number of nitrogens with one attached hydrogen (secondary N) is 7. The fourth-order valence-electron chi connectivity index (χ4n) is 7.13. The highest BCUT2D eigenvalue weighted by Crippen LogP contribution is 2.16. The number of rotatable bonds is 35. The molecular formula is C49H77F3N10O16. The second-order valence-electron chi connectivity index (χ2n) is 18.9. The average molecular weight is 1120 g/mol. The Bertz CT molecular complexity index is 2190. The van der Waals surface area contributed by atoms with Gasteiger partial charge in [-0.3, -0.25) is 47.9 Å². The van der Waals surface area contributed by atoms with Crippen LogP contribution in [0.3, 0.4) is 0 Å². The summed E-state index contributed by atoms with van der Waals surface area (Å²) in [5.41, 5.74) is 17.5. The molecule has 78 heavy (non-hydrogen) atoms. The van der Waals surface area contributed by atoms with Gasteiger partial charge in [0, 0.05) is 19.3 Å². The molecule has 0 spiro atoms. The summed E-state index contributed by atoms with van der Waals surface area (Å²) >= 11 is 0. The Morgan fingerprint density at radius 3 is 1.40 bits per heavy atom. The summed E-state index contributed by atoms with van der Waals surface area (Å²) in [6, 6.07) is -3.23. The molecule has 29 heteroatoms. The third-order valence-electron chi connectivity index (χ3n) is 12.0. The van der Waals surface area contributed by atoms with Gasteiger partial charge < -0.3 is 74.8 Å². The van der Waals surface area contributed by atoms with Crippen LogP contribution in [0.25, 0.3) is 0 Å². The van der Waals surface area contributed by atoms with E-state index in [2.05, 4.69) is 37.2 Å². The molecular weight excluding hydrogens is 1040 g/mol. The maximum atomic E-state index is 14.2. The number of carboxylic acids is 4. The molecule has 0 bridgehead atoms. The zero-order valence-electron chi connectivity index (χ0n) is 44.5. The highest BCUT2D eigenvalue weighted by atomic mass is 19.4. The maximum Gasteiger partial charge on any atom is 0.490 e. The second kappa shape index (κ2) is 35.8. The predicted octanol–water partition coefficient (Wildman–Crippen LogP) is -0.460. The average Bonchev–Trinajstić information content (AvgIpc) is 3.35. The van der Waals surface area contributed by atoms with Crippen molar-refractivity contribution in [3.05, 3.63) is 35.9 Å². The largest absolute Gasteiger partial charge is 0.490 e. The van der Waals surface area contributed by atoms with Crippen LogP contribution in [-0.4, -0.2) is 153 Å². The number of halogens is 3. The van der Waals surface area contributed by atoms with Gasteiger partial charge in [-0.2, -0.15) is 13.2 Å². The van der Waals surface area contributed by atoms with E-state index in [9.17, 15) is 76.1 Å². The first-order valence-electron chi connectivity index (χ1n) is 25.2. The molecule has 0 radical (unpaired) electrons. The number of hydrogen-bond acceptors (Lipinski definition) is 14. The summed E-state index contributed by atoms with van der Waals surface area (Å²) in [4.78, 5) is 153. The van der Waals surface area contributed by atoms with Crippen LogP contribution in [0.1, 0.15) is 118 Å². The van der Waals surface area contributed by atoms with Crippen LogP contribution < -0.4 is 54.4 Å². The maximum absolute atomic E-state index is 14.2. The Hall–Kier alpha value is -7.43. The monoisotopic (exact) mass is 1120 g/mol. The number of primary amides is 1. The summed E-state index contributed by atoms with van der Waals surface area (Å²) in [6.45, 7) is 10.5. The molecule has 1 aromatic carbocycles. The zero-order chi connectivity index (χ0) is 60.0. The summed E-state index contributed by atoms with van der Waals surface area (Å²) in [5.74, 6) is -15.4. The Balaban J connectivity index is 0.00000788. The fraction of sp³-hybridized carbons (Fsp3) is 0.633. The predicted molar refractivity (Wildman–Crippen MR) is 272 cm³/mol. The number of carboxylic acid groups (broad SMARTS) is 4. The van der Waals surface area contributed by atoms with Crippen LogP contribution in [0.4, 0.5) is 13.2 Å². The first kappa shape index (κ1) is 70.6. The van der Waals surface area contributed by atoms with Crippen LogP contribution in [-0.2, 0) is 64.0 Å². The molecule has 26 nitrogen and oxygen atoms in total. The van der Waals surface area contributed by atoms with E-state index in [4.69, 9.17) is 32.2 Å². The molecule has 17 N–H and O–H groups in total. The van der Waals surface area contributed by atoms with Crippen LogP contribution >= 0.6 is 0 Å². The highest BCUT2D eigenvalue weighted by molar-refractivity contribution is 5.99. The van der Waals surface area contributed by atoms with Crippen molar-refractivity contribution in [2.45, 2.75) is 173 Å². The number of carbonyl (C=O) groups excluding carboxylic acids is 8. The van der Waals surface area contributed by atoms with Gasteiger partial charge in [0.2, 0.25) is 47.3 Å². The van der Waals surface area contributed by atoms with Crippen LogP contribution in [0.5, 0.6) is 0 Å². The molecule has 0 unspecified atom stereocenters. The quantitative estimate of drug-likeness (QED) is 0.0382. The van der Waals surface area contributed by atoms with Gasteiger partial charge in [-0.1, -0.05) is 84.7 Å². The summed E-state index contributed by atoms with van der Waals surface area (Å²) < 4.78 is 31.7. The van der Waals surface area contributed by atoms with E-state index in [1.54, 1.807) is 71.9 Å². The lowest BCUT2D eigenvalue weighted by Crippen LogP contribution is -2.62. The van der Waals surface area contributed by atoms with E-state index >= 15 is 0 Å². The standard InChI is InChI=1S/C47H76N10O14.C2HF3O2/c1-7-26(5)38(57-46(69)39(27(6)8-2)56-40(63)29(49)17-19-36(59)60)45(68)54-33(24-35(50)58)44(67)53-32(23-28-14-10-9-11-15-28)43(66)52-31(18-20-37(61)62)42(65)51-30(16-12-13-21-48)41(64)55-34(47(70)71)22-25(3)4;3-2(4,5)1(6)7/h9-11,14-15,25-27,29-34,38-39H,7-8,12-13,16-24,48-49H2,1-6H3,(H2,50,58)(H,51,65)(H,52,66)(H,53,67)(H,54,68)(H,55,64)(H,56,63)(H,57,69)(H,59,60)(H,61,62)(H,70,71);(H,6,7)/t26-,27-,29-,30-,31-,32+,33-,34-,38-,39-;/m0./s1. The zero-order valence-corrected chi connectivity index (χ0v) is 44.5. The lowest BCUT2D eigenvalue weighted by Gasteiger charge is -2.30. The lowest BCUT2D eigenvalue weighted by atomic mass is 9.94. The number of hydrogen-bond donors (Lipinski definition) is 14. The van der Waals surface area contributed by atoms with Gasteiger partial charge in [-0.05, 0) is 68.4 Å². The summed E-state index contributed by atoms with van der Waals surface area (Å²) in [7, 11) is 0. The molecule has 440 valence electrons. The van der Waals surface area contributed by atoms with Crippen LogP contribution in [0, 0.1) is 17.8 Å². The number of benzene rings is 1. The van der Waals surface area contributed by atoms with Crippen molar-refractivity contribution in [3.8, 4) is 0 Å². The van der Waals surface area contributed by atoms with Gasteiger partial charge >= 0.3 is 30.1 Å². The Morgan fingerprint density at radius 2 is 0.962 bits per heavy atom. The first-order valence-corrected chi connectivity index (χ1v) is 25.2. The summed E-state index contributed by atoms with van der Waals surface area (Å²) in [6.07, 6.45) is -6.34. The van der Waals surface area contributed by atoms with Gasteiger partial charge in [0.15, 0.2) is 0 Å². The molecule has 1 rings (SSSR count). The van der Waals surface area contributed by atoms with Crippen LogP contribution in [0.15, 0.2) is 30.3 Å². The lowest BCUT2D eigenvalue weighted by molar-refractivity contribution is -0.192. The number of amides is 8. The molecule has 8 amide bonds. The third-order valence-corrected chi connectivity index (χ3v) is 12.0. The second-order valence-corrected chi connectivity index (χ2v) is 18.9. The number of unbranched alkanes of at least 4 members (excludes halogenated alkanes) is 1. The molecule has 0 aliphatic heterocycles. The smallest absolute Gasteiger partial charge is 0.481 e. The third kappa shape index (κ3) is 28.1. The molecule has 0 fully saturated rings. The Labute approximate surface area is 449 Å². The topological polar surface area (TPSA) is 448 Å². The number of carbonyl (C=O) groups is 12. The minimum absolute atomic E-state index is 0.00349. The van der Waals surface area contributed by atoms with E-state index in [0.717, 1.165) is 0 Å². The molecule has 10 atom stereocenters. The van der Waals surface area contributed by atoms with Crippen molar-refractivity contribution in [1.29, 1.82) is 0 Å². The first-order chi connectivity index (χ1) is 36.3. The van der Waals surface area contributed by atoms with Gasteiger partial charge in [0.25, 0.3) is 0 Å². The van der Waals surface area contributed by atoms with Gasteiger partial charge in [0.1, 0.15) is 42.3 Å². The van der Waals surface area contributed by atoms with Crippen molar-refractivity contribution in [2.24, 2.45) is 35.0 Å². The SMILES string of the molecule is CC[C@H](C)[C@H](NC(=O)[C@@H](NC(=O)[C@@H](N)CCC(=O)O)[C@@H](C)CC)C(=O)N[C@@H](CC(N)=O)C(=O)N[C@H](Cc1ccccc1)C(=O)N[C@@H](CCC(=O)O)C(=O)N[C@@H](CCCCN)C(=O)N[C@@H](CC(C)C)C(=O)O.O=C(O)C(F)(F)F. The van der Waals surface area contributed by atoms with Crippen LogP contribution in [0.2, 0.25) is 0 Å². The van der Waals surface area contributed by atoms with E-state index in [1.807, 2.05) is 0 Å². The van der Waals surface area contributed by atoms with E-state index in [-0.39, 0.29) is 38.1 Å². The molecule has 0 saturated heterocycles. The van der Waals surface area contributed by atoms with Crippen molar-refractivity contribution < 1.29 is 91.1 Å². The number of nitrogens with two attached hydrogens (primary N) is 3. The Kier molecular flexibility index (Phi) is 32.4. The Morgan fingerprint density at radius 1 is 0.551 bits per heavy atom. The molecule has 0 heterocycles. The normalized spacial score (nSPS) is 15.0. The number of alkyl halides is 3. The van der Waals surface area contributed by atoms with E-state index < -0.39 is 163 Å².